The van der Waals surface area contributed by atoms with Crippen LogP contribution < -0.4 is 0 Å². The van der Waals surface area contributed by atoms with Crippen molar-refractivity contribution in [1.29, 1.82) is 0 Å². The average molecular weight is 342 g/mol. The van der Waals surface area contributed by atoms with Crippen LogP contribution in [0.3, 0.4) is 0 Å². The maximum Gasteiger partial charge on any atom is 0.0471 e. The minimum Gasteiger partial charge on any atom is -0.382 e. The summed E-state index contributed by atoms with van der Waals surface area (Å²) in [4.78, 5) is 2.59. The third-order valence-electron chi connectivity index (χ3n) is 4.67. The summed E-state index contributed by atoms with van der Waals surface area (Å²) in [6.07, 6.45) is 13.2. The topological polar surface area (TPSA) is 12.5 Å². The van der Waals surface area contributed by atoms with E-state index in [9.17, 15) is 0 Å². The van der Waals surface area contributed by atoms with Crippen molar-refractivity contribution in [3.63, 3.8) is 0 Å². The molecule has 114 valence electrons. The van der Waals surface area contributed by atoms with Gasteiger partial charge in [-0.1, -0.05) is 40.2 Å². The zero-order chi connectivity index (χ0) is 14.2. The Kier molecular flexibility index (Phi) is 7.32. The van der Waals surface area contributed by atoms with Gasteiger partial charge in [0.1, 0.15) is 0 Å². The van der Waals surface area contributed by atoms with Gasteiger partial charge in [-0.3, -0.25) is 0 Å². The third-order valence-corrected chi connectivity index (χ3v) is 5.03. The van der Waals surface area contributed by atoms with Gasteiger partial charge in [0.15, 0.2) is 0 Å². The normalized spacial score (nSPS) is 28.1. The highest BCUT2D eigenvalue weighted by molar-refractivity contribution is 9.09. The Morgan fingerprint density at radius 2 is 1.95 bits per heavy atom. The van der Waals surface area contributed by atoms with E-state index in [1.807, 2.05) is 0 Å². The van der Waals surface area contributed by atoms with Crippen LogP contribution in [0.5, 0.6) is 0 Å². The number of halogens is 1. The highest BCUT2D eigenvalue weighted by Gasteiger charge is 2.29. The number of piperidine rings is 1. The van der Waals surface area contributed by atoms with Gasteiger partial charge in [-0.2, -0.15) is 0 Å². The summed E-state index contributed by atoms with van der Waals surface area (Å²) in [6.45, 7) is 7.54. The summed E-state index contributed by atoms with van der Waals surface area (Å²) in [5.41, 5.74) is 0. The van der Waals surface area contributed by atoms with Crippen molar-refractivity contribution in [2.75, 3.05) is 38.2 Å². The van der Waals surface area contributed by atoms with E-state index < -0.39 is 0 Å². The van der Waals surface area contributed by atoms with Crippen LogP contribution in [0.2, 0.25) is 0 Å². The highest BCUT2D eigenvalue weighted by atomic mass is 79.9. The lowest BCUT2D eigenvalue weighted by Crippen LogP contribution is -2.38. The number of ether oxygens (including phenoxy) is 1. The van der Waals surface area contributed by atoms with Crippen molar-refractivity contribution in [3.05, 3.63) is 24.3 Å². The molecule has 20 heavy (non-hydrogen) atoms. The van der Waals surface area contributed by atoms with Gasteiger partial charge in [0.25, 0.3) is 0 Å². The van der Waals surface area contributed by atoms with Crippen LogP contribution in [0.25, 0.3) is 0 Å². The van der Waals surface area contributed by atoms with Crippen molar-refractivity contribution in [1.82, 2.24) is 4.90 Å². The van der Waals surface area contributed by atoms with E-state index in [1.54, 1.807) is 0 Å². The number of allylic oxidation sites excluding steroid dienone is 4. The first-order chi connectivity index (χ1) is 9.85. The van der Waals surface area contributed by atoms with E-state index in [1.165, 1.54) is 38.9 Å². The van der Waals surface area contributed by atoms with Crippen LogP contribution in [0, 0.1) is 17.8 Å². The Balaban J connectivity index is 1.83. The highest BCUT2D eigenvalue weighted by Crippen LogP contribution is 2.35. The van der Waals surface area contributed by atoms with E-state index in [-0.39, 0.29) is 0 Å². The second kappa shape index (κ2) is 9.01. The largest absolute Gasteiger partial charge is 0.382 e. The smallest absolute Gasteiger partial charge is 0.0471 e. The van der Waals surface area contributed by atoms with Crippen LogP contribution in [0.4, 0.5) is 0 Å². The van der Waals surface area contributed by atoms with E-state index in [2.05, 4.69) is 52.1 Å². The molecule has 0 N–H and O–H groups in total. The Bertz CT molecular complexity index is 321. The molecule has 1 heterocycles. The van der Waals surface area contributed by atoms with Gasteiger partial charge < -0.3 is 9.64 Å². The van der Waals surface area contributed by atoms with Gasteiger partial charge in [0, 0.05) is 25.1 Å². The summed E-state index contributed by atoms with van der Waals surface area (Å²) in [5, 5.41) is 1.10. The lowest BCUT2D eigenvalue weighted by Gasteiger charge is -2.38. The maximum absolute atomic E-state index is 5.55. The summed E-state index contributed by atoms with van der Waals surface area (Å²) in [7, 11) is 0. The monoisotopic (exact) mass is 341 g/mol. The fraction of sp³-hybridized carbons (Fsp3) is 0.765. The standard InChI is InChI=1S/C17H28BrNO/c1-2-20-14-9-15-5-3-4-6-17(15)16-7-11-19(12-8-16)13-10-18/h3-6,15-17H,2,7-14H2,1H3. The molecule has 2 atom stereocenters. The molecule has 3 heteroatoms. The molecule has 1 aliphatic heterocycles. The molecule has 1 aliphatic carbocycles. The van der Waals surface area contributed by atoms with Crippen molar-refractivity contribution in [3.8, 4) is 0 Å². The molecular weight excluding hydrogens is 314 g/mol. The minimum atomic E-state index is 0.680. The van der Waals surface area contributed by atoms with E-state index in [4.69, 9.17) is 4.74 Å². The van der Waals surface area contributed by atoms with E-state index in [0.29, 0.717) is 5.92 Å². The number of alkyl halides is 1. The first kappa shape index (κ1) is 16.3. The molecule has 0 spiro atoms. The predicted molar refractivity (Wildman–Crippen MR) is 89.3 cm³/mol. The van der Waals surface area contributed by atoms with Crippen molar-refractivity contribution in [2.45, 2.75) is 26.2 Å². The zero-order valence-electron chi connectivity index (χ0n) is 12.6. The minimum absolute atomic E-state index is 0.680. The van der Waals surface area contributed by atoms with Crippen LogP contribution in [0.1, 0.15) is 26.2 Å². The van der Waals surface area contributed by atoms with Crippen molar-refractivity contribution in [2.24, 2.45) is 17.8 Å². The predicted octanol–water partition coefficient (Wildman–Crippen LogP) is 3.88. The number of likely N-dealkylation sites (tertiary alicyclic amines) is 1. The van der Waals surface area contributed by atoms with E-state index >= 15 is 0 Å². The molecule has 1 saturated heterocycles. The summed E-state index contributed by atoms with van der Waals surface area (Å²) >= 11 is 3.55. The van der Waals surface area contributed by atoms with Gasteiger partial charge in [-0.15, -0.1) is 0 Å². The fourth-order valence-corrected chi connectivity index (χ4v) is 4.01. The molecule has 2 rings (SSSR count). The number of hydrogen-bond acceptors (Lipinski definition) is 2. The second-order valence-electron chi connectivity index (χ2n) is 5.86. The summed E-state index contributed by atoms with van der Waals surface area (Å²) in [5.74, 6) is 2.26. The molecule has 0 saturated carbocycles. The maximum atomic E-state index is 5.55. The molecule has 0 bridgehead atoms. The first-order valence-electron chi connectivity index (χ1n) is 8.06. The molecule has 2 unspecified atom stereocenters. The quantitative estimate of drug-likeness (QED) is 0.514. The average Bonchev–Trinajstić information content (AvgIpc) is 2.49. The Labute approximate surface area is 132 Å². The van der Waals surface area contributed by atoms with Gasteiger partial charge >= 0.3 is 0 Å². The Hall–Kier alpha value is -0.120. The third kappa shape index (κ3) is 4.71. The van der Waals surface area contributed by atoms with Crippen LogP contribution in [-0.2, 0) is 4.74 Å². The van der Waals surface area contributed by atoms with Gasteiger partial charge in [0.2, 0.25) is 0 Å². The lowest BCUT2D eigenvalue weighted by molar-refractivity contribution is 0.112. The molecule has 2 nitrogen and oxygen atoms in total. The van der Waals surface area contributed by atoms with Crippen molar-refractivity contribution >= 4 is 15.9 Å². The SMILES string of the molecule is CCOCCC1C=CC=CC1C1CCN(CCBr)CC1. The molecular formula is C17H28BrNO. The molecule has 2 aliphatic rings. The molecule has 0 radical (unpaired) electrons. The molecule has 1 fully saturated rings. The second-order valence-corrected chi connectivity index (χ2v) is 6.66. The van der Waals surface area contributed by atoms with Crippen LogP contribution in [0.15, 0.2) is 24.3 Å². The molecule has 0 aromatic carbocycles. The Morgan fingerprint density at radius 3 is 2.65 bits per heavy atom. The molecule has 0 aromatic heterocycles. The van der Waals surface area contributed by atoms with E-state index in [0.717, 1.165) is 30.4 Å². The first-order valence-corrected chi connectivity index (χ1v) is 9.18. The van der Waals surface area contributed by atoms with Crippen LogP contribution >= 0.6 is 15.9 Å². The number of rotatable bonds is 7. The fourth-order valence-electron chi connectivity index (χ4n) is 3.51. The van der Waals surface area contributed by atoms with Gasteiger partial charge in [-0.25, -0.2) is 0 Å². The van der Waals surface area contributed by atoms with Crippen molar-refractivity contribution < 1.29 is 4.74 Å². The van der Waals surface area contributed by atoms with Gasteiger partial charge in [0.05, 0.1) is 0 Å². The summed E-state index contributed by atoms with van der Waals surface area (Å²) < 4.78 is 5.55. The zero-order valence-corrected chi connectivity index (χ0v) is 14.2. The van der Waals surface area contributed by atoms with Gasteiger partial charge in [-0.05, 0) is 57.0 Å². The number of nitrogens with zero attached hydrogens (tertiary/aromatic N) is 1. The molecule has 0 aromatic rings. The lowest BCUT2D eigenvalue weighted by atomic mass is 9.74. The summed E-state index contributed by atoms with van der Waals surface area (Å²) in [6, 6.07) is 0. The number of hydrogen-bond donors (Lipinski definition) is 0. The molecule has 0 amide bonds. The van der Waals surface area contributed by atoms with Crippen LogP contribution in [-0.4, -0.2) is 43.1 Å². The Morgan fingerprint density at radius 1 is 1.20 bits per heavy atom.